The van der Waals surface area contributed by atoms with E-state index in [9.17, 15) is 19.2 Å². The second-order valence-electron chi connectivity index (χ2n) is 13.9. The van der Waals surface area contributed by atoms with Crippen LogP contribution in [0.25, 0.3) is 0 Å². The number of ether oxygens (including phenoxy) is 5. The molecule has 1 amide bonds. The van der Waals surface area contributed by atoms with Crippen LogP contribution in [0.5, 0.6) is 5.75 Å². The largest absolute Gasteiger partial charge is 0.497 e. The molecule has 5 rings (SSSR count). The monoisotopic (exact) mass is 836 g/mol. The first-order valence-electron chi connectivity index (χ1n) is 19.1. The molecule has 5 atom stereocenters. The fourth-order valence-electron chi connectivity index (χ4n) is 6.88. The lowest BCUT2D eigenvalue weighted by molar-refractivity contribution is -0.190. The van der Waals surface area contributed by atoms with Crippen LogP contribution in [0.4, 0.5) is 11.4 Å². The van der Waals surface area contributed by atoms with Gasteiger partial charge in [0.15, 0.2) is 12.2 Å². The lowest BCUT2D eigenvalue weighted by Gasteiger charge is -2.38. The maximum absolute atomic E-state index is 15.5. The molecule has 0 saturated carbocycles. The molecule has 0 aromatic heterocycles. The molecule has 0 aliphatic carbocycles. The molecule has 0 radical (unpaired) electrons. The summed E-state index contributed by atoms with van der Waals surface area (Å²) < 4.78 is 26.4. The topological polar surface area (TPSA) is 171 Å². The van der Waals surface area contributed by atoms with Crippen LogP contribution in [-0.4, -0.2) is 73.8 Å². The Morgan fingerprint density at radius 2 is 1.28 bits per heavy atom. The summed E-state index contributed by atoms with van der Waals surface area (Å²) in [6.45, 7) is 4.51. The van der Waals surface area contributed by atoms with Crippen molar-refractivity contribution in [2.75, 3.05) is 26.1 Å². The highest BCUT2D eigenvalue weighted by Crippen LogP contribution is 2.60. The van der Waals surface area contributed by atoms with Crippen molar-refractivity contribution in [1.29, 1.82) is 0 Å². The highest BCUT2D eigenvalue weighted by atomic mass is 32.2. The molecule has 314 valence electrons. The number of nitrogens with one attached hydrogen (secondary N) is 1. The lowest BCUT2D eigenvalue weighted by Crippen LogP contribution is -2.50. The van der Waals surface area contributed by atoms with Crippen molar-refractivity contribution in [1.82, 2.24) is 4.90 Å². The number of carbonyl (C=O) groups is 5. The Labute approximate surface area is 353 Å². The number of carbonyl (C=O) groups excluding carboxylic acids is 5. The van der Waals surface area contributed by atoms with Gasteiger partial charge in [-0.1, -0.05) is 90.6 Å². The van der Waals surface area contributed by atoms with Crippen molar-refractivity contribution >= 4 is 52.9 Å². The van der Waals surface area contributed by atoms with Gasteiger partial charge in [-0.25, -0.2) is 0 Å². The third-order valence-electron chi connectivity index (χ3n) is 9.41. The second-order valence-corrected chi connectivity index (χ2v) is 15.1. The Bertz CT molecular complexity index is 2170. The normalized spacial score (nSPS) is 17.5. The minimum Gasteiger partial charge on any atom is -0.497 e. The maximum atomic E-state index is 15.5. The lowest BCUT2D eigenvalue weighted by atomic mass is 9.78. The zero-order valence-corrected chi connectivity index (χ0v) is 35.0. The molecule has 0 unspecified atom stereocenters. The Kier molecular flexibility index (Phi) is 15.6. The van der Waals surface area contributed by atoms with Gasteiger partial charge in [-0.05, 0) is 53.9 Å². The average molecular weight is 837 g/mol. The maximum Gasteiger partial charge on any atom is 0.303 e. The van der Waals surface area contributed by atoms with Crippen molar-refractivity contribution in [3.63, 3.8) is 0 Å². The van der Waals surface area contributed by atoms with Crippen molar-refractivity contribution in [3.05, 3.63) is 137 Å². The van der Waals surface area contributed by atoms with E-state index in [0.717, 1.165) is 19.4 Å². The zero-order valence-electron chi connectivity index (χ0n) is 34.2. The van der Waals surface area contributed by atoms with Gasteiger partial charge in [0.2, 0.25) is 5.91 Å². The van der Waals surface area contributed by atoms with Gasteiger partial charge in [-0.3, -0.25) is 24.0 Å². The molecule has 1 N–H and O–H groups in total. The fraction of sp³-hybridized carbons (Fsp3) is 0.311. The molecule has 1 aliphatic rings. The van der Waals surface area contributed by atoms with E-state index in [1.54, 1.807) is 43.5 Å². The molecule has 0 bridgehead atoms. The number of rotatable bonds is 18. The smallest absolute Gasteiger partial charge is 0.303 e. The van der Waals surface area contributed by atoms with Crippen LogP contribution in [-0.2, 0) is 54.2 Å². The first-order chi connectivity index (χ1) is 28.8. The van der Waals surface area contributed by atoms with Gasteiger partial charge in [-0.2, -0.15) is 10.2 Å². The number of methoxy groups -OCH3 is 1. The van der Waals surface area contributed by atoms with E-state index in [-0.39, 0.29) is 6.42 Å². The predicted molar refractivity (Wildman–Crippen MR) is 225 cm³/mol. The molecule has 4 aromatic carbocycles. The van der Waals surface area contributed by atoms with E-state index >= 15 is 4.79 Å². The number of thioether (sulfide) groups is 1. The third-order valence-corrected chi connectivity index (χ3v) is 11.2. The molecule has 1 heterocycles. The number of benzene rings is 4. The number of hydrogen-bond donors (Lipinski definition) is 1. The molecule has 60 heavy (non-hydrogen) atoms. The third kappa shape index (κ3) is 11.6. The standard InChI is InChI=1S/C45H48N4O10S/c1-29(50)56-28-40(58-31(3)52)42(59-32(4)53)39(57-30(2)51)26-38-41(48-47-36-20-14-9-15-21-36)43(49(5)27-33-16-10-7-11-17-33)60-45(38,34-18-12-8-13-19-34)44(54)46-35-22-24-37(55-6)25-23-35/h7-25,38-40,42H,26-28H2,1-6H3,(H,46,54)/t38-,39+,40+,42-,45+/m0/s1. The summed E-state index contributed by atoms with van der Waals surface area (Å²) in [4.78, 5) is 67.8. The van der Waals surface area contributed by atoms with E-state index in [1.807, 2.05) is 90.8 Å². The summed E-state index contributed by atoms with van der Waals surface area (Å²) in [5.74, 6) is -3.90. The predicted octanol–water partition coefficient (Wildman–Crippen LogP) is 7.73. The van der Waals surface area contributed by atoms with Crippen molar-refractivity contribution < 1.29 is 47.7 Å². The summed E-state index contributed by atoms with van der Waals surface area (Å²) in [5.41, 5.74) is 2.91. The molecular weight excluding hydrogens is 789 g/mol. The summed E-state index contributed by atoms with van der Waals surface area (Å²) >= 11 is 1.26. The van der Waals surface area contributed by atoms with Crippen molar-refractivity contribution in [2.24, 2.45) is 16.1 Å². The average Bonchev–Trinajstić information content (AvgIpc) is 3.56. The van der Waals surface area contributed by atoms with Crippen LogP contribution in [0, 0.1) is 5.92 Å². The minimum absolute atomic E-state index is 0.237. The fourth-order valence-corrected chi connectivity index (χ4v) is 8.44. The van der Waals surface area contributed by atoms with Gasteiger partial charge in [0.25, 0.3) is 0 Å². The molecule has 0 saturated heterocycles. The van der Waals surface area contributed by atoms with E-state index in [0.29, 0.717) is 40.0 Å². The van der Waals surface area contributed by atoms with E-state index < -0.39 is 65.4 Å². The highest BCUT2D eigenvalue weighted by Gasteiger charge is 2.58. The first kappa shape index (κ1) is 44.6. The van der Waals surface area contributed by atoms with Crippen molar-refractivity contribution in [2.45, 2.75) is 63.7 Å². The molecule has 4 aromatic rings. The van der Waals surface area contributed by atoms with Crippen LogP contribution >= 0.6 is 11.8 Å². The Balaban J connectivity index is 1.78. The van der Waals surface area contributed by atoms with Gasteiger partial charge in [0.05, 0.1) is 23.5 Å². The van der Waals surface area contributed by atoms with Crippen LogP contribution in [0.3, 0.4) is 0 Å². The van der Waals surface area contributed by atoms with Crippen molar-refractivity contribution in [3.8, 4) is 5.75 Å². The number of azo groups is 1. The number of anilines is 1. The summed E-state index contributed by atoms with van der Waals surface area (Å²) in [7, 11) is 3.43. The van der Waals surface area contributed by atoms with E-state index in [1.165, 1.54) is 25.6 Å². The quantitative estimate of drug-likeness (QED) is 0.0589. The number of esters is 4. The first-order valence-corrected chi connectivity index (χ1v) is 19.9. The van der Waals surface area contributed by atoms with Crippen LogP contribution in [0.15, 0.2) is 136 Å². The number of nitrogens with zero attached hydrogens (tertiary/aromatic N) is 3. The minimum atomic E-state index is -1.57. The van der Waals surface area contributed by atoms with Crippen LogP contribution < -0.4 is 10.1 Å². The highest BCUT2D eigenvalue weighted by molar-refractivity contribution is 8.04. The SMILES string of the molecule is COc1ccc(NC(=O)[C@]2(c3ccccc3)SC(N(C)Cc3ccccc3)=C(N=Nc3ccccc3)[C@@H]2C[C@@H](OC(C)=O)[C@H](OC(C)=O)[C@@H](COC(C)=O)OC(C)=O)cc1. The summed E-state index contributed by atoms with van der Waals surface area (Å²) in [5, 5.41) is 13.2. The zero-order chi connectivity index (χ0) is 43.2. The Morgan fingerprint density at radius 1 is 0.717 bits per heavy atom. The Hall–Kier alpha value is -6.48. The van der Waals surface area contributed by atoms with Crippen LogP contribution in [0.2, 0.25) is 0 Å². The molecule has 14 nitrogen and oxygen atoms in total. The molecular formula is C45H48N4O10S. The summed E-state index contributed by atoms with van der Waals surface area (Å²) in [6.07, 6.45) is -4.59. The van der Waals surface area contributed by atoms with Gasteiger partial charge in [0, 0.05) is 52.9 Å². The van der Waals surface area contributed by atoms with E-state index in [2.05, 4.69) is 10.4 Å². The number of amides is 1. The molecule has 1 aliphatic heterocycles. The number of allylic oxidation sites excluding steroid dienone is 1. The summed E-state index contributed by atoms with van der Waals surface area (Å²) in [6, 6.07) is 34.8. The van der Waals surface area contributed by atoms with Gasteiger partial charge < -0.3 is 33.9 Å². The van der Waals surface area contributed by atoms with Gasteiger partial charge in [-0.15, -0.1) is 0 Å². The van der Waals surface area contributed by atoms with Crippen LogP contribution in [0.1, 0.15) is 45.2 Å². The van der Waals surface area contributed by atoms with Gasteiger partial charge >= 0.3 is 23.9 Å². The Morgan fingerprint density at radius 3 is 1.85 bits per heavy atom. The van der Waals surface area contributed by atoms with E-state index in [4.69, 9.17) is 28.8 Å². The van der Waals surface area contributed by atoms with Gasteiger partial charge in [0.1, 0.15) is 23.2 Å². The molecule has 0 fully saturated rings. The second kappa shape index (κ2) is 21.0. The molecule has 15 heteroatoms. The molecule has 0 spiro atoms. The number of hydrogen-bond acceptors (Lipinski definition) is 14.